The van der Waals surface area contributed by atoms with Crippen molar-refractivity contribution < 1.29 is 13.2 Å². The van der Waals surface area contributed by atoms with E-state index in [1.165, 1.54) is 26.4 Å². The number of fused-ring (bicyclic) bond motifs is 2. The smallest absolute Gasteiger partial charge is 0.248 e. The average Bonchev–Trinajstić information content (AvgIpc) is 3.53. The quantitative estimate of drug-likeness (QED) is 0.207. The van der Waals surface area contributed by atoms with Crippen molar-refractivity contribution in [2.45, 2.75) is 83.7 Å². The highest BCUT2D eigenvalue weighted by molar-refractivity contribution is 7.91. The summed E-state index contributed by atoms with van der Waals surface area (Å²) in [5, 5.41) is 0.837. The molecule has 2 aromatic heterocycles. The molecule has 0 bridgehead atoms. The van der Waals surface area contributed by atoms with E-state index < -0.39 is 14.8 Å². The molecule has 4 aromatic rings. The highest BCUT2D eigenvalue weighted by Gasteiger charge is 2.40. The van der Waals surface area contributed by atoms with Crippen LogP contribution in [0.5, 0.6) is 0 Å². The highest BCUT2D eigenvalue weighted by atomic mass is 32.2. The van der Waals surface area contributed by atoms with Crippen molar-refractivity contribution in [2.24, 2.45) is 0 Å². The van der Waals surface area contributed by atoms with Gasteiger partial charge in [-0.25, -0.2) is 22.4 Å². The lowest BCUT2D eigenvalue weighted by Gasteiger charge is -2.47. The lowest BCUT2D eigenvalue weighted by atomic mass is 9.96. The van der Waals surface area contributed by atoms with Crippen LogP contribution in [0.2, 0.25) is 0 Å². The van der Waals surface area contributed by atoms with Crippen LogP contribution < -0.4 is 9.80 Å². The van der Waals surface area contributed by atoms with E-state index in [1.54, 1.807) is 6.20 Å². The van der Waals surface area contributed by atoms with Crippen LogP contribution in [0.1, 0.15) is 69.3 Å². The molecule has 0 amide bonds. The van der Waals surface area contributed by atoms with Crippen LogP contribution >= 0.6 is 0 Å². The van der Waals surface area contributed by atoms with Gasteiger partial charge < -0.3 is 14.5 Å². The van der Waals surface area contributed by atoms with Gasteiger partial charge in [-0.15, -0.1) is 0 Å². The van der Waals surface area contributed by atoms with Crippen molar-refractivity contribution >= 4 is 32.4 Å². The summed E-state index contributed by atoms with van der Waals surface area (Å²) < 4.78 is 34.4. The van der Waals surface area contributed by atoms with Crippen molar-refractivity contribution in [1.82, 2.24) is 18.8 Å². The summed E-state index contributed by atoms with van der Waals surface area (Å²) in [7, 11) is -3.76. The largest absolute Gasteiger partial charge is 0.378 e. The van der Waals surface area contributed by atoms with E-state index in [0.29, 0.717) is 35.8 Å². The molecule has 268 valence electrons. The Bertz CT molecular complexity index is 2170. The van der Waals surface area contributed by atoms with Gasteiger partial charge in [0.25, 0.3) is 0 Å². The molecule has 51 heavy (non-hydrogen) atoms. The second-order valence-electron chi connectivity index (χ2n) is 15.6. The number of benzene rings is 2. The number of piperazine rings is 1. The molecule has 8 rings (SSSR count). The molecule has 2 fully saturated rings. The molecule has 0 spiro atoms. The molecule has 2 aromatic carbocycles. The molecule has 2 saturated heterocycles. The zero-order chi connectivity index (χ0) is 35.7. The molecule has 5 heterocycles. The zero-order valence-electron chi connectivity index (χ0n) is 30.8. The molecular weight excluding hydrogens is 657 g/mol. The van der Waals surface area contributed by atoms with Gasteiger partial charge in [-0.1, -0.05) is 61.9 Å². The second kappa shape index (κ2) is 12.9. The predicted molar refractivity (Wildman–Crippen MR) is 206 cm³/mol. The Hall–Kier alpha value is -3.99. The van der Waals surface area contributed by atoms with Gasteiger partial charge in [0, 0.05) is 73.6 Å². The summed E-state index contributed by atoms with van der Waals surface area (Å²) in [5.41, 5.74) is 8.73. The number of aromatic nitrogens is 3. The molecule has 0 N–H and O–H groups in total. The predicted octanol–water partition coefficient (Wildman–Crippen LogP) is 6.84. The van der Waals surface area contributed by atoms with Crippen molar-refractivity contribution in [2.75, 3.05) is 49.2 Å². The maximum Gasteiger partial charge on any atom is 0.248 e. The average molecular weight is 707 g/mol. The lowest BCUT2D eigenvalue weighted by Crippen LogP contribution is -2.61. The van der Waals surface area contributed by atoms with E-state index in [1.807, 2.05) is 56.3 Å². The fraction of sp³-hybridized carbons (Fsp3) is 0.463. The maximum atomic E-state index is 14.2. The van der Waals surface area contributed by atoms with E-state index >= 15 is 0 Å². The van der Waals surface area contributed by atoms with Gasteiger partial charge in [0.15, 0.2) is 5.82 Å². The van der Waals surface area contributed by atoms with Crippen LogP contribution in [0.3, 0.4) is 0 Å². The van der Waals surface area contributed by atoms with E-state index in [2.05, 4.69) is 60.6 Å². The first kappa shape index (κ1) is 34.1. The van der Waals surface area contributed by atoms with E-state index in [0.717, 1.165) is 80.4 Å². The topological polar surface area (TPSA) is 83.8 Å². The molecule has 0 radical (unpaired) electrons. The molecule has 9 nitrogen and oxygen atoms in total. The molecule has 10 heteroatoms. The fourth-order valence-corrected chi connectivity index (χ4v) is 10.2. The number of hydrogen-bond donors (Lipinski definition) is 0. The third-order valence-corrected chi connectivity index (χ3v) is 13.9. The Morgan fingerprint density at radius 3 is 2.55 bits per heavy atom. The number of anilines is 2. The minimum Gasteiger partial charge on any atom is -0.378 e. The summed E-state index contributed by atoms with van der Waals surface area (Å²) in [6.45, 7) is 18.8. The van der Waals surface area contributed by atoms with Crippen LogP contribution in [0.15, 0.2) is 72.5 Å². The van der Waals surface area contributed by atoms with Crippen LogP contribution in [0.25, 0.3) is 22.3 Å². The van der Waals surface area contributed by atoms with Crippen molar-refractivity contribution in [3.8, 4) is 11.4 Å². The van der Waals surface area contributed by atoms with Gasteiger partial charge in [-0.05, 0) is 69.4 Å². The third kappa shape index (κ3) is 5.89. The highest BCUT2D eigenvalue weighted by Crippen LogP contribution is 2.39. The van der Waals surface area contributed by atoms with Gasteiger partial charge in [0.05, 0.1) is 30.5 Å². The first-order valence-electron chi connectivity index (χ1n) is 18.5. The van der Waals surface area contributed by atoms with Gasteiger partial charge >= 0.3 is 0 Å². The van der Waals surface area contributed by atoms with Gasteiger partial charge in [-0.3, -0.25) is 4.90 Å². The Morgan fingerprint density at radius 1 is 1.00 bits per heavy atom. The van der Waals surface area contributed by atoms with Crippen LogP contribution in [-0.2, 0) is 27.7 Å². The van der Waals surface area contributed by atoms with Crippen LogP contribution in [0.4, 0.5) is 11.5 Å². The zero-order valence-corrected chi connectivity index (χ0v) is 31.6. The van der Waals surface area contributed by atoms with Crippen molar-refractivity contribution in [1.29, 1.82) is 0 Å². The molecule has 4 aliphatic rings. The summed E-state index contributed by atoms with van der Waals surface area (Å²) in [5.74, 6) is 2.11. The van der Waals surface area contributed by atoms with E-state index in [4.69, 9.17) is 14.7 Å². The van der Waals surface area contributed by atoms with Gasteiger partial charge in [-0.2, -0.15) is 0 Å². The molecular formula is C41H50N6O3S. The summed E-state index contributed by atoms with van der Waals surface area (Å²) in [6.07, 6.45) is 8.62. The van der Waals surface area contributed by atoms with E-state index in [9.17, 15) is 8.42 Å². The number of ether oxygens (including phenoxy) is 1. The second-order valence-corrected chi connectivity index (χ2v) is 17.9. The van der Waals surface area contributed by atoms with Gasteiger partial charge in [0.1, 0.15) is 10.6 Å². The molecule has 3 aliphatic heterocycles. The first-order valence-corrected chi connectivity index (χ1v) is 19.9. The normalized spacial score (nSPS) is 23.1. The SMILES string of the molecule is CC1=CC=CC(C)(S(=O)(=O)n2ccc3c(-c4nc5c(c(N6CCN(C7COC7)[C@H](C)C6)n4)CN(c4cc(C(C)C)ccc4C)CC5)cccc32)C1. The summed E-state index contributed by atoms with van der Waals surface area (Å²) in [4.78, 5) is 18.3. The minimum absolute atomic E-state index is 0.364. The van der Waals surface area contributed by atoms with E-state index in [-0.39, 0.29) is 0 Å². The Kier molecular flexibility index (Phi) is 8.63. The van der Waals surface area contributed by atoms with Gasteiger partial charge in [0.2, 0.25) is 10.0 Å². The first-order chi connectivity index (χ1) is 24.4. The Labute approximate surface area is 302 Å². The maximum absolute atomic E-state index is 14.2. The van der Waals surface area contributed by atoms with Crippen molar-refractivity contribution in [3.05, 3.63) is 94.8 Å². The summed E-state index contributed by atoms with van der Waals surface area (Å²) in [6, 6.07) is 15.5. The van der Waals surface area contributed by atoms with Crippen molar-refractivity contribution in [3.63, 3.8) is 0 Å². The number of allylic oxidation sites excluding steroid dienone is 3. The van der Waals surface area contributed by atoms with Crippen LogP contribution in [0, 0.1) is 6.92 Å². The molecule has 1 unspecified atom stereocenters. The minimum atomic E-state index is -3.76. The Balaban J connectivity index is 1.21. The number of aryl methyl sites for hydroxylation is 1. The fourth-order valence-electron chi connectivity index (χ4n) is 8.47. The van der Waals surface area contributed by atoms with Crippen LogP contribution in [-0.4, -0.2) is 83.5 Å². The number of hydrogen-bond acceptors (Lipinski definition) is 8. The third-order valence-electron chi connectivity index (χ3n) is 11.6. The number of rotatable bonds is 7. The standard InChI is InChI=1S/C41H50N6O3S/c1-27(2)31-13-12-29(4)38(21-31)44-17-15-36-35(24-44)40(45-19-20-46(30(5)23-45)32-25-50-26-32)43-39(42-36)34-10-7-11-37-33(34)14-18-47(37)51(48,49)41(6)16-8-9-28(3)22-41/h7-14,16,18,21,27,30,32H,15,17,19-20,22-26H2,1-6H3/t30-,41?/m1/s1. The lowest BCUT2D eigenvalue weighted by molar-refractivity contribution is -0.0793. The molecule has 0 saturated carbocycles. The molecule has 1 aliphatic carbocycles. The monoisotopic (exact) mass is 706 g/mol. The summed E-state index contributed by atoms with van der Waals surface area (Å²) >= 11 is 0. The number of nitrogens with zero attached hydrogens (tertiary/aromatic N) is 6. The Morgan fingerprint density at radius 2 is 1.82 bits per heavy atom. The molecule has 2 atom stereocenters.